The van der Waals surface area contributed by atoms with Crippen LogP contribution >= 0.6 is 11.6 Å². The van der Waals surface area contributed by atoms with Gasteiger partial charge in [-0.05, 0) is 56.5 Å². The predicted molar refractivity (Wildman–Crippen MR) is 76.8 cm³/mol. The molecule has 0 nitrogen and oxygen atoms in total. The van der Waals surface area contributed by atoms with Crippen molar-refractivity contribution < 1.29 is 8.78 Å². The third kappa shape index (κ3) is 4.99. The van der Waals surface area contributed by atoms with Gasteiger partial charge >= 0.3 is 0 Å². The zero-order chi connectivity index (χ0) is 14.6. The standard InChI is InChI=1S/C9H11Cl.C7H6F2/c1-6-4-7(2)9(10)8(3)5-6;1-5-2-6(8)4-7(9)3-5/h4-5H,1-3H3;2-4H,1H3. The van der Waals surface area contributed by atoms with Crippen molar-refractivity contribution in [1.82, 2.24) is 0 Å². The molecule has 0 heterocycles. The summed E-state index contributed by atoms with van der Waals surface area (Å²) in [5.41, 5.74) is 4.21. The van der Waals surface area contributed by atoms with Crippen molar-refractivity contribution in [3.05, 3.63) is 69.2 Å². The Morgan fingerprint density at radius 2 is 1.05 bits per heavy atom. The molecular formula is C16H17ClF2. The topological polar surface area (TPSA) is 0 Å². The Kier molecular flexibility index (Phi) is 5.49. The Morgan fingerprint density at radius 1 is 0.684 bits per heavy atom. The van der Waals surface area contributed by atoms with Crippen molar-refractivity contribution in [2.75, 3.05) is 0 Å². The van der Waals surface area contributed by atoms with Crippen molar-refractivity contribution in [3.63, 3.8) is 0 Å². The molecule has 0 saturated carbocycles. The van der Waals surface area contributed by atoms with Crippen LogP contribution in [-0.4, -0.2) is 0 Å². The van der Waals surface area contributed by atoms with Gasteiger partial charge in [0.2, 0.25) is 0 Å². The van der Waals surface area contributed by atoms with Crippen molar-refractivity contribution in [3.8, 4) is 0 Å². The van der Waals surface area contributed by atoms with Crippen molar-refractivity contribution in [2.24, 2.45) is 0 Å². The van der Waals surface area contributed by atoms with E-state index in [2.05, 4.69) is 19.1 Å². The molecule has 0 atom stereocenters. The first-order valence-corrected chi connectivity index (χ1v) is 6.33. The number of hydrogen-bond acceptors (Lipinski definition) is 0. The van der Waals surface area contributed by atoms with Gasteiger partial charge in [-0.3, -0.25) is 0 Å². The Balaban J connectivity index is 0.000000191. The highest BCUT2D eigenvalue weighted by atomic mass is 35.5. The molecule has 102 valence electrons. The molecule has 0 aliphatic carbocycles. The predicted octanol–water partition coefficient (Wildman–Crippen LogP) is 5.54. The van der Waals surface area contributed by atoms with Gasteiger partial charge < -0.3 is 0 Å². The van der Waals surface area contributed by atoms with Gasteiger partial charge in [0, 0.05) is 11.1 Å². The third-order valence-corrected chi connectivity index (χ3v) is 3.18. The highest BCUT2D eigenvalue weighted by molar-refractivity contribution is 6.32. The molecule has 0 saturated heterocycles. The Labute approximate surface area is 118 Å². The number of benzene rings is 2. The van der Waals surface area contributed by atoms with E-state index >= 15 is 0 Å². The lowest BCUT2D eigenvalue weighted by Crippen LogP contribution is -1.82. The molecule has 0 aromatic heterocycles. The minimum atomic E-state index is -0.521. The van der Waals surface area contributed by atoms with Crippen LogP contribution in [0.1, 0.15) is 22.3 Å². The van der Waals surface area contributed by atoms with Crippen LogP contribution in [0.3, 0.4) is 0 Å². The fourth-order valence-electron chi connectivity index (χ4n) is 1.85. The van der Waals surface area contributed by atoms with Gasteiger partial charge in [-0.2, -0.15) is 0 Å². The number of hydrogen-bond donors (Lipinski definition) is 0. The van der Waals surface area contributed by atoms with E-state index in [9.17, 15) is 8.78 Å². The normalized spacial score (nSPS) is 9.84. The highest BCUT2D eigenvalue weighted by Gasteiger charge is 1.98. The molecule has 0 radical (unpaired) electrons. The molecule has 0 amide bonds. The van der Waals surface area contributed by atoms with Crippen molar-refractivity contribution in [1.29, 1.82) is 0 Å². The van der Waals surface area contributed by atoms with Gasteiger partial charge in [-0.25, -0.2) is 8.78 Å². The SMILES string of the molecule is Cc1cc(C)c(Cl)c(C)c1.Cc1cc(F)cc(F)c1. The maximum absolute atomic E-state index is 12.2. The van der Waals surface area contributed by atoms with Gasteiger partial charge in [0.25, 0.3) is 0 Å². The monoisotopic (exact) mass is 282 g/mol. The second-order valence-corrected chi connectivity index (χ2v) is 5.04. The summed E-state index contributed by atoms with van der Waals surface area (Å²) in [6.45, 7) is 7.78. The first-order valence-electron chi connectivity index (χ1n) is 5.95. The van der Waals surface area contributed by atoms with Gasteiger partial charge in [-0.1, -0.05) is 29.3 Å². The highest BCUT2D eigenvalue weighted by Crippen LogP contribution is 2.20. The smallest absolute Gasteiger partial charge is 0.126 e. The molecule has 0 aliphatic heterocycles. The van der Waals surface area contributed by atoms with Crippen LogP contribution in [0.5, 0.6) is 0 Å². The van der Waals surface area contributed by atoms with E-state index in [1.807, 2.05) is 13.8 Å². The van der Waals surface area contributed by atoms with E-state index < -0.39 is 11.6 Å². The molecule has 2 aromatic carbocycles. The van der Waals surface area contributed by atoms with Crippen LogP contribution in [0.4, 0.5) is 8.78 Å². The summed E-state index contributed by atoms with van der Waals surface area (Å²) < 4.78 is 24.4. The lowest BCUT2D eigenvalue weighted by Gasteiger charge is -2.02. The van der Waals surface area contributed by atoms with Crippen LogP contribution < -0.4 is 0 Å². The maximum atomic E-state index is 12.2. The second kappa shape index (κ2) is 6.67. The molecule has 19 heavy (non-hydrogen) atoms. The van der Waals surface area contributed by atoms with E-state index in [-0.39, 0.29) is 0 Å². The number of halogens is 3. The van der Waals surface area contributed by atoms with Crippen LogP contribution in [0.25, 0.3) is 0 Å². The summed E-state index contributed by atoms with van der Waals surface area (Å²) in [5, 5.41) is 0.894. The molecular weight excluding hydrogens is 266 g/mol. The summed E-state index contributed by atoms with van der Waals surface area (Å²) in [5.74, 6) is -1.04. The van der Waals surface area contributed by atoms with Gasteiger partial charge in [0.15, 0.2) is 0 Å². The van der Waals surface area contributed by atoms with Crippen LogP contribution in [0, 0.1) is 39.3 Å². The fourth-order valence-corrected chi connectivity index (χ4v) is 1.96. The van der Waals surface area contributed by atoms with E-state index in [1.165, 1.54) is 28.8 Å². The molecule has 0 N–H and O–H groups in total. The fraction of sp³-hybridized carbons (Fsp3) is 0.250. The van der Waals surface area contributed by atoms with Crippen molar-refractivity contribution >= 4 is 11.6 Å². The van der Waals surface area contributed by atoms with Crippen LogP contribution in [0.2, 0.25) is 5.02 Å². The maximum Gasteiger partial charge on any atom is 0.126 e. The van der Waals surface area contributed by atoms with E-state index in [4.69, 9.17) is 11.6 Å². The number of aryl methyl sites for hydroxylation is 4. The summed E-state index contributed by atoms with van der Waals surface area (Å²) >= 11 is 5.95. The van der Waals surface area contributed by atoms with Crippen LogP contribution in [0.15, 0.2) is 30.3 Å². The molecule has 0 aliphatic rings. The molecule has 0 fully saturated rings. The summed E-state index contributed by atoms with van der Waals surface area (Å²) in [4.78, 5) is 0. The largest absolute Gasteiger partial charge is 0.207 e. The minimum Gasteiger partial charge on any atom is -0.207 e. The Hall–Kier alpha value is -1.41. The summed E-state index contributed by atoms with van der Waals surface area (Å²) in [6, 6.07) is 7.60. The lowest BCUT2D eigenvalue weighted by atomic mass is 10.1. The van der Waals surface area contributed by atoms with Gasteiger partial charge in [0.1, 0.15) is 11.6 Å². The average Bonchev–Trinajstić information content (AvgIpc) is 2.24. The molecule has 3 heteroatoms. The minimum absolute atomic E-state index is 0.521. The molecule has 0 unspecified atom stereocenters. The third-order valence-electron chi connectivity index (χ3n) is 2.59. The Morgan fingerprint density at radius 3 is 1.42 bits per heavy atom. The lowest BCUT2D eigenvalue weighted by molar-refractivity contribution is 0.581. The molecule has 0 bridgehead atoms. The van der Waals surface area contributed by atoms with Crippen molar-refractivity contribution in [2.45, 2.75) is 27.7 Å². The van der Waals surface area contributed by atoms with E-state index in [0.29, 0.717) is 5.56 Å². The van der Waals surface area contributed by atoms with Gasteiger partial charge in [0.05, 0.1) is 0 Å². The average molecular weight is 283 g/mol. The van der Waals surface area contributed by atoms with E-state index in [1.54, 1.807) is 6.92 Å². The van der Waals surface area contributed by atoms with Gasteiger partial charge in [-0.15, -0.1) is 0 Å². The quantitative estimate of drug-likeness (QED) is 0.595. The zero-order valence-electron chi connectivity index (χ0n) is 11.5. The molecule has 0 spiro atoms. The first-order chi connectivity index (χ1) is 8.79. The summed E-state index contributed by atoms with van der Waals surface area (Å²) in [7, 11) is 0. The Bertz CT molecular complexity index is 503. The first kappa shape index (κ1) is 15.6. The number of rotatable bonds is 0. The second-order valence-electron chi connectivity index (χ2n) is 4.66. The van der Waals surface area contributed by atoms with E-state index in [0.717, 1.165) is 11.1 Å². The molecule has 2 rings (SSSR count). The zero-order valence-corrected chi connectivity index (χ0v) is 12.3. The molecule has 2 aromatic rings. The van der Waals surface area contributed by atoms with Crippen LogP contribution in [-0.2, 0) is 0 Å². The summed E-state index contributed by atoms with van der Waals surface area (Å²) in [6.07, 6.45) is 0.